The van der Waals surface area contributed by atoms with Gasteiger partial charge in [-0.05, 0) is 47.3 Å². The lowest BCUT2D eigenvalue weighted by atomic mass is 9.87. The maximum atomic E-state index is 13.8. The molecule has 2 fully saturated rings. The second kappa shape index (κ2) is 12.9. The molecule has 1 N–H and O–H groups in total. The zero-order valence-corrected chi connectivity index (χ0v) is 24.6. The minimum absolute atomic E-state index is 0.0571. The summed E-state index contributed by atoms with van der Waals surface area (Å²) in [4.78, 5) is 40.0. The third-order valence-electron chi connectivity index (χ3n) is 6.68. The molecule has 1 aromatic rings. The third-order valence-corrected chi connectivity index (χ3v) is 10.0. The van der Waals surface area contributed by atoms with Crippen molar-refractivity contribution in [3.63, 3.8) is 0 Å². The van der Waals surface area contributed by atoms with Gasteiger partial charge in [-0.2, -0.15) is 0 Å². The van der Waals surface area contributed by atoms with Crippen molar-refractivity contribution in [2.45, 2.75) is 88.7 Å². The van der Waals surface area contributed by atoms with Gasteiger partial charge in [0.2, 0.25) is 5.91 Å². The Labute approximate surface area is 230 Å². The molecule has 3 atom stereocenters. The number of hydrogen-bond acceptors (Lipinski definition) is 7. The van der Waals surface area contributed by atoms with Crippen molar-refractivity contribution in [3.8, 4) is 0 Å². The molecule has 206 valence electrons. The summed E-state index contributed by atoms with van der Waals surface area (Å²) in [6.07, 6.45) is 1.33. The topological polar surface area (TPSA) is 84.9 Å². The lowest BCUT2D eigenvalue weighted by Crippen LogP contribution is -2.56. The van der Waals surface area contributed by atoms with Crippen molar-refractivity contribution in [1.29, 1.82) is 0 Å². The molecule has 37 heavy (non-hydrogen) atoms. The van der Waals surface area contributed by atoms with Crippen LogP contribution in [0.4, 0.5) is 4.79 Å². The summed E-state index contributed by atoms with van der Waals surface area (Å²) in [5.74, 6) is 1.91. The highest BCUT2D eigenvalue weighted by Crippen LogP contribution is 2.50. The quantitative estimate of drug-likeness (QED) is 0.433. The van der Waals surface area contributed by atoms with E-state index in [1.807, 2.05) is 49.5 Å². The molecule has 2 aliphatic rings. The summed E-state index contributed by atoms with van der Waals surface area (Å²) in [7, 11) is 0. The number of nitrogens with one attached hydrogen (secondary N) is 1. The molecule has 0 radical (unpaired) electrons. The van der Waals surface area contributed by atoms with Crippen molar-refractivity contribution in [1.82, 2.24) is 10.2 Å². The van der Waals surface area contributed by atoms with E-state index in [0.29, 0.717) is 19.6 Å². The number of thioether (sulfide) groups is 2. The fraction of sp³-hybridized carbons (Fsp3) is 0.679. The van der Waals surface area contributed by atoms with Crippen molar-refractivity contribution in [2.24, 2.45) is 5.92 Å². The normalized spacial score (nSPS) is 21.1. The van der Waals surface area contributed by atoms with Gasteiger partial charge in [0.15, 0.2) is 0 Å². The molecule has 1 aromatic carbocycles. The number of aldehydes is 1. The lowest BCUT2D eigenvalue weighted by molar-refractivity contribution is -0.140. The van der Waals surface area contributed by atoms with Gasteiger partial charge < -0.3 is 24.5 Å². The van der Waals surface area contributed by atoms with Crippen LogP contribution in [0.3, 0.4) is 0 Å². The zero-order valence-electron chi connectivity index (χ0n) is 23.0. The van der Waals surface area contributed by atoms with Crippen LogP contribution in [0.15, 0.2) is 24.3 Å². The van der Waals surface area contributed by atoms with Gasteiger partial charge in [0, 0.05) is 13.0 Å². The Kier molecular flexibility index (Phi) is 10.4. The molecular formula is C28H42N2O5S2. The van der Waals surface area contributed by atoms with Gasteiger partial charge in [-0.25, -0.2) is 4.79 Å². The summed E-state index contributed by atoms with van der Waals surface area (Å²) >= 11 is 3.67. The van der Waals surface area contributed by atoms with Gasteiger partial charge in [-0.15, -0.1) is 23.5 Å². The van der Waals surface area contributed by atoms with Crippen LogP contribution in [-0.4, -0.2) is 70.1 Å². The zero-order chi connectivity index (χ0) is 27.2. The number of ether oxygens (including phenoxy) is 2. The Morgan fingerprint density at radius 2 is 1.81 bits per heavy atom. The molecule has 1 unspecified atom stereocenters. The molecular weight excluding hydrogens is 508 g/mol. The Morgan fingerprint density at radius 3 is 2.38 bits per heavy atom. The number of amides is 2. The number of rotatable bonds is 9. The number of carbonyl (C=O) groups excluding carboxylic acids is 3. The molecule has 2 aliphatic heterocycles. The molecule has 9 heteroatoms. The van der Waals surface area contributed by atoms with Crippen molar-refractivity contribution >= 4 is 41.8 Å². The summed E-state index contributed by atoms with van der Waals surface area (Å²) in [5.41, 5.74) is 2.27. The van der Waals surface area contributed by atoms with E-state index >= 15 is 0 Å². The minimum atomic E-state index is -0.968. The Morgan fingerprint density at radius 1 is 1.16 bits per heavy atom. The number of carbonyl (C=O) groups is 3. The van der Waals surface area contributed by atoms with Crippen LogP contribution in [0.5, 0.6) is 0 Å². The van der Waals surface area contributed by atoms with Crippen LogP contribution in [0.1, 0.15) is 65.5 Å². The highest BCUT2D eigenvalue weighted by Gasteiger charge is 2.49. The van der Waals surface area contributed by atoms with Crippen LogP contribution in [0, 0.1) is 5.92 Å². The lowest BCUT2D eigenvalue weighted by Gasteiger charge is -2.33. The van der Waals surface area contributed by atoms with E-state index in [2.05, 4.69) is 38.2 Å². The van der Waals surface area contributed by atoms with E-state index < -0.39 is 24.3 Å². The van der Waals surface area contributed by atoms with Gasteiger partial charge in [-0.3, -0.25) is 4.79 Å². The molecule has 0 aromatic heterocycles. The number of alkyl carbamates (subject to hydrolysis) is 1. The predicted molar refractivity (Wildman–Crippen MR) is 151 cm³/mol. The van der Waals surface area contributed by atoms with Crippen LogP contribution >= 0.6 is 23.5 Å². The monoisotopic (exact) mass is 550 g/mol. The van der Waals surface area contributed by atoms with Gasteiger partial charge >= 0.3 is 6.09 Å². The fourth-order valence-electron chi connectivity index (χ4n) is 4.45. The molecule has 0 saturated carbocycles. The van der Waals surface area contributed by atoms with Crippen molar-refractivity contribution in [2.75, 3.05) is 24.7 Å². The number of likely N-dealkylation sites (tertiary alicyclic amines) is 1. The highest BCUT2D eigenvalue weighted by atomic mass is 32.2. The second-order valence-electron chi connectivity index (χ2n) is 11.4. The van der Waals surface area contributed by atoms with E-state index in [1.54, 1.807) is 11.8 Å². The maximum absolute atomic E-state index is 13.8. The number of hydrogen-bond donors (Lipinski definition) is 1. The smallest absolute Gasteiger partial charge is 0.407 e. The van der Waals surface area contributed by atoms with Crippen LogP contribution in [0.2, 0.25) is 0 Å². The van der Waals surface area contributed by atoms with E-state index in [0.717, 1.165) is 29.8 Å². The van der Waals surface area contributed by atoms with Crippen LogP contribution in [0.25, 0.3) is 0 Å². The predicted octanol–water partition coefficient (Wildman–Crippen LogP) is 5.01. The third kappa shape index (κ3) is 8.14. The van der Waals surface area contributed by atoms with E-state index in [1.165, 1.54) is 5.56 Å². The first-order chi connectivity index (χ1) is 17.4. The summed E-state index contributed by atoms with van der Waals surface area (Å²) in [6, 6.07) is 6.75. The number of benzene rings is 1. The first-order valence-corrected chi connectivity index (χ1v) is 15.1. The molecule has 0 aliphatic carbocycles. The van der Waals surface area contributed by atoms with Gasteiger partial charge in [0.25, 0.3) is 0 Å². The first kappa shape index (κ1) is 29.8. The minimum Gasteiger partial charge on any atom is -0.449 e. The number of nitrogens with zero attached hydrogens (tertiary/aromatic N) is 1. The highest BCUT2D eigenvalue weighted by molar-refractivity contribution is 8.18. The summed E-state index contributed by atoms with van der Waals surface area (Å²) < 4.78 is 11.3. The molecule has 0 bridgehead atoms. The SMILES string of the molecule is CC(C)COC(=O)NC(C(=O)N1CC2(C[C@H]1C=O)SCCCS2)[C@H](C)OCc1ccc(C(C)(C)C)cc1. The molecule has 2 heterocycles. The average molecular weight is 551 g/mol. The van der Waals surface area contributed by atoms with E-state index in [9.17, 15) is 14.4 Å². The van der Waals surface area contributed by atoms with Gasteiger partial charge in [0.1, 0.15) is 12.3 Å². The van der Waals surface area contributed by atoms with E-state index in [-0.39, 0.29) is 27.9 Å². The van der Waals surface area contributed by atoms with E-state index in [4.69, 9.17) is 9.47 Å². The Hall–Kier alpha value is -1.71. The Balaban J connectivity index is 1.73. The van der Waals surface area contributed by atoms with Crippen molar-refractivity contribution < 1.29 is 23.9 Å². The molecule has 2 saturated heterocycles. The maximum Gasteiger partial charge on any atom is 0.407 e. The molecule has 2 amide bonds. The molecule has 3 rings (SSSR count). The average Bonchev–Trinajstić information content (AvgIpc) is 3.22. The standard InChI is InChI=1S/C28H42N2O5S2/c1-19(2)16-35-26(33)29-24(20(3)34-17-21-8-10-22(11-9-21)27(4,5)6)25(32)30-18-28(14-23(30)15-31)36-12-7-13-37-28/h8-11,15,19-20,23-24H,7,12-14,16-18H2,1-6H3,(H,29,33)/t20-,23-,24?/m0/s1. The van der Waals surface area contributed by atoms with Crippen LogP contribution in [-0.2, 0) is 31.1 Å². The fourth-order valence-corrected chi connectivity index (χ4v) is 7.83. The molecule has 7 nitrogen and oxygen atoms in total. The second-order valence-corrected chi connectivity index (χ2v) is 14.6. The molecule has 1 spiro atoms. The Bertz CT molecular complexity index is 925. The first-order valence-electron chi connectivity index (χ1n) is 13.1. The van der Waals surface area contributed by atoms with Crippen LogP contribution < -0.4 is 5.32 Å². The summed E-state index contributed by atoms with van der Waals surface area (Å²) in [6.45, 7) is 13.2. The van der Waals surface area contributed by atoms with Gasteiger partial charge in [0.05, 0.1) is 29.4 Å². The van der Waals surface area contributed by atoms with Gasteiger partial charge in [-0.1, -0.05) is 58.9 Å². The summed E-state index contributed by atoms with van der Waals surface area (Å²) in [5, 5.41) is 2.74. The largest absolute Gasteiger partial charge is 0.449 e. The van der Waals surface area contributed by atoms with Crippen molar-refractivity contribution in [3.05, 3.63) is 35.4 Å².